The normalized spacial score (nSPS) is 8.96. The highest BCUT2D eigenvalue weighted by atomic mass is 16.5. The van der Waals surface area contributed by atoms with Crippen LogP contribution in [0.3, 0.4) is 0 Å². The summed E-state index contributed by atoms with van der Waals surface area (Å²) in [7, 11) is 1.94. The fourth-order valence-corrected chi connectivity index (χ4v) is 1.17. The van der Waals surface area contributed by atoms with Crippen LogP contribution in [0.1, 0.15) is 6.92 Å². The van der Waals surface area contributed by atoms with Gasteiger partial charge in [0.1, 0.15) is 25.5 Å². The molecule has 0 aromatic carbocycles. The zero-order valence-electron chi connectivity index (χ0n) is 12.9. The average Bonchev–Trinajstić information content (AvgIpc) is 2.96. The van der Waals surface area contributed by atoms with E-state index in [0.29, 0.717) is 18.7 Å². The number of aryl methyl sites for hydroxylation is 1. The Morgan fingerprint density at radius 1 is 1.26 bits per heavy atom. The number of carbonyl (C=O) groups is 1. The molecule has 9 heteroatoms. The molecule has 0 bridgehead atoms. The summed E-state index contributed by atoms with van der Waals surface area (Å²) >= 11 is 0. The minimum absolute atomic E-state index is 0.332. The van der Waals surface area contributed by atoms with Gasteiger partial charge in [-0.15, -0.1) is 23.9 Å². The Morgan fingerprint density at radius 2 is 1.78 bits per heavy atom. The van der Waals surface area contributed by atoms with E-state index in [1.54, 1.807) is 6.92 Å². The van der Waals surface area contributed by atoms with Crippen molar-refractivity contribution < 1.29 is 14.1 Å². The summed E-state index contributed by atoms with van der Waals surface area (Å²) in [6.07, 6.45) is 3.06. The molecule has 1 heterocycles. The van der Waals surface area contributed by atoms with Crippen molar-refractivity contribution >= 4 is 12.1 Å². The van der Waals surface area contributed by atoms with Crippen LogP contribution in [-0.4, -0.2) is 23.3 Å². The molecule has 0 aliphatic heterocycles. The van der Waals surface area contributed by atoms with Crippen molar-refractivity contribution in [2.75, 3.05) is 6.61 Å². The van der Waals surface area contributed by atoms with E-state index >= 15 is 0 Å². The first kappa shape index (κ1) is 19.4. The predicted octanol–water partition coefficient (Wildman–Crippen LogP) is 0.118. The van der Waals surface area contributed by atoms with Crippen LogP contribution in [0, 0.1) is 44.9 Å². The SMILES string of the molecule is C=C(C)C(=O)OCCn1cc[n+](C)c1.N#C[B-](C#N)(C#N)C#N. The summed E-state index contributed by atoms with van der Waals surface area (Å²) in [6, 6.07) is 0. The number of rotatable bonds is 4. The van der Waals surface area contributed by atoms with Crippen molar-refractivity contribution in [3.63, 3.8) is 0 Å². The lowest BCUT2D eigenvalue weighted by Gasteiger charge is -2.01. The highest BCUT2D eigenvalue weighted by molar-refractivity contribution is 7.05. The zero-order chi connectivity index (χ0) is 17.9. The van der Waals surface area contributed by atoms with Crippen LogP contribution < -0.4 is 4.57 Å². The van der Waals surface area contributed by atoms with Gasteiger partial charge < -0.3 is 4.74 Å². The third kappa shape index (κ3) is 6.62. The second-order valence-corrected chi connectivity index (χ2v) is 4.62. The smallest absolute Gasteiger partial charge is 0.383 e. The quantitative estimate of drug-likeness (QED) is 0.336. The Kier molecular flexibility index (Phi) is 7.94. The predicted molar refractivity (Wildman–Crippen MR) is 79.6 cm³/mol. The van der Waals surface area contributed by atoms with E-state index in [0.717, 1.165) is 0 Å². The van der Waals surface area contributed by atoms with Crippen molar-refractivity contribution in [1.82, 2.24) is 4.57 Å². The van der Waals surface area contributed by atoms with Gasteiger partial charge in [-0.1, -0.05) is 6.58 Å². The average molecular weight is 310 g/mol. The second kappa shape index (κ2) is 9.39. The van der Waals surface area contributed by atoms with E-state index in [2.05, 4.69) is 6.58 Å². The maximum absolute atomic E-state index is 11.0. The number of carbonyl (C=O) groups excluding carboxylic acids is 1. The Bertz CT molecular complexity index is 680. The van der Waals surface area contributed by atoms with Gasteiger partial charge in [-0.05, 0) is 6.92 Å². The van der Waals surface area contributed by atoms with E-state index < -0.39 is 6.15 Å². The van der Waals surface area contributed by atoms with Gasteiger partial charge in [0.2, 0.25) is 6.33 Å². The van der Waals surface area contributed by atoms with E-state index in [-0.39, 0.29) is 5.97 Å². The standard InChI is InChI=1S/C10H15N2O2.C4BN4/c1-9(2)10(13)14-7-6-12-5-4-11(3)8-12;6-1-5(2-7,3-8)4-9/h4-5,8H,1,6-7H2,2-3H3;/q+1;-1. The highest BCUT2D eigenvalue weighted by Crippen LogP contribution is 1.93. The van der Waals surface area contributed by atoms with Crippen LogP contribution in [0.4, 0.5) is 0 Å². The molecule has 116 valence electrons. The Balaban J connectivity index is 0.000000468. The topological polar surface area (TPSA) is 130 Å². The third-order valence-corrected chi connectivity index (χ3v) is 2.53. The van der Waals surface area contributed by atoms with Crippen molar-refractivity contribution in [2.24, 2.45) is 7.05 Å². The van der Waals surface area contributed by atoms with Gasteiger partial charge >= 0.3 is 12.1 Å². The van der Waals surface area contributed by atoms with Crippen LogP contribution in [-0.2, 0) is 23.1 Å². The molecule has 0 spiro atoms. The molecule has 0 N–H and O–H groups in total. The number of nitriles is 4. The summed E-state index contributed by atoms with van der Waals surface area (Å²) in [5, 5.41) is 32.3. The lowest BCUT2D eigenvalue weighted by molar-refractivity contribution is -0.671. The summed E-state index contributed by atoms with van der Waals surface area (Å²) in [4.78, 5) is 11.0. The number of imidazole rings is 1. The van der Waals surface area contributed by atoms with Crippen LogP contribution in [0.25, 0.3) is 0 Å². The van der Waals surface area contributed by atoms with Crippen LogP contribution in [0.5, 0.6) is 0 Å². The fourth-order valence-electron chi connectivity index (χ4n) is 1.17. The first-order valence-corrected chi connectivity index (χ1v) is 6.48. The number of aromatic nitrogens is 2. The lowest BCUT2D eigenvalue weighted by Crippen LogP contribution is -2.26. The molecule has 1 aromatic heterocycles. The number of hydrogen-bond acceptors (Lipinski definition) is 6. The maximum Gasteiger partial charge on any atom is 0.383 e. The van der Waals surface area contributed by atoms with Gasteiger partial charge in [-0.3, -0.25) is 0 Å². The van der Waals surface area contributed by atoms with Crippen LogP contribution in [0.15, 0.2) is 30.9 Å². The zero-order valence-corrected chi connectivity index (χ0v) is 12.9. The molecule has 0 saturated heterocycles. The lowest BCUT2D eigenvalue weighted by atomic mass is 9.30. The molecule has 0 amide bonds. The van der Waals surface area contributed by atoms with Crippen molar-refractivity contribution in [3.05, 3.63) is 30.9 Å². The molecular weight excluding hydrogens is 295 g/mol. The Hall–Kier alpha value is -3.56. The van der Waals surface area contributed by atoms with E-state index in [4.69, 9.17) is 25.8 Å². The summed E-state index contributed by atoms with van der Waals surface area (Å²) in [5.74, 6) is 5.04. The van der Waals surface area contributed by atoms with Gasteiger partial charge in [0.25, 0.3) is 0 Å². The van der Waals surface area contributed by atoms with Crippen molar-refractivity contribution in [3.8, 4) is 23.9 Å². The minimum Gasteiger partial charge on any atom is -0.458 e. The molecule has 0 fully saturated rings. The number of nitrogens with zero attached hydrogens (tertiary/aromatic N) is 6. The molecule has 1 aromatic rings. The van der Waals surface area contributed by atoms with Crippen LogP contribution >= 0.6 is 0 Å². The first-order valence-electron chi connectivity index (χ1n) is 6.48. The van der Waals surface area contributed by atoms with E-state index in [1.807, 2.05) is 34.9 Å². The number of ether oxygens (including phenoxy) is 1. The van der Waals surface area contributed by atoms with Crippen molar-refractivity contribution in [1.29, 1.82) is 21.0 Å². The highest BCUT2D eigenvalue weighted by Gasteiger charge is 2.22. The number of esters is 1. The minimum atomic E-state index is -2.72. The molecule has 1 rings (SSSR count). The molecule has 8 nitrogen and oxygen atoms in total. The largest absolute Gasteiger partial charge is 0.458 e. The van der Waals surface area contributed by atoms with Gasteiger partial charge in [-0.25, -0.2) is 35.0 Å². The van der Waals surface area contributed by atoms with Gasteiger partial charge in [-0.2, -0.15) is 0 Å². The summed E-state index contributed by atoms with van der Waals surface area (Å²) in [5.41, 5.74) is 0.433. The van der Waals surface area contributed by atoms with Gasteiger partial charge in [0.05, 0.1) is 7.05 Å². The molecule has 23 heavy (non-hydrogen) atoms. The van der Waals surface area contributed by atoms with E-state index in [1.165, 1.54) is 23.9 Å². The maximum atomic E-state index is 11.0. The summed E-state index contributed by atoms with van der Waals surface area (Å²) < 4.78 is 8.83. The van der Waals surface area contributed by atoms with E-state index in [9.17, 15) is 4.79 Å². The Labute approximate surface area is 134 Å². The fraction of sp³-hybridized carbons (Fsp3) is 0.286. The summed E-state index contributed by atoms with van der Waals surface area (Å²) in [6.45, 7) is 6.18. The third-order valence-electron chi connectivity index (χ3n) is 2.53. The molecule has 0 unspecified atom stereocenters. The molecule has 0 atom stereocenters. The number of hydrogen-bond donors (Lipinski definition) is 0. The van der Waals surface area contributed by atoms with Crippen molar-refractivity contribution in [2.45, 2.75) is 13.5 Å². The Morgan fingerprint density at radius 3 is 2.09 bits per heavy atom. The van der Waals surface area contributed by atoms with Gasteiger partial charge in [0.15, 0.2) is 0 Å². The second-order valence-electron chi connectivity index (χ2n) is 4.62. The monoisotopic (exact) mass is 310 g/mol. The molecular formula is C14H15BN6O2. The molecule has 0 aliphatic rings. The molecule has 0 radical (unpaired) electrons. The first-order chi connectivity index (χ1) is 10.8. The van der Waals surface area contributed by atoms with Gasteiger partial charge in [0, 0.05) is 5.57 Å². The van der Waals surface area contributed by atoms with Crippen LogP contribution in [0.2, 0.25) is 0 Å². The molecule has 0 saturated carbocycles. The molecule has 0 aliphatic carbocycles.